The maximum Gasteiger partial charge on any atom is 0.339 e. The largest absolute Gasteiger partial charge is 0.508 e. The van der Waals surface area contributed by atoms with E-state index in [-0.39, 0.29) is 15.8 Å². The molecule has 0 aliphatic carbocycles. The Balaban J connectivity index is 2.26. The minimum absolute atomic E-state index is 0.0828. The Morgan fingerprint density at radius 2 is 1.84 bits per heavy atom. The first-order valence-corrected chi connectivity index (χ1v) is 8.02. The lowest BCUT2D eigenvalue weighted by molar-refractivity contribution is 0.0469. The van der Waals surface area contributed by atoms with Crippen LogP contribution in [-0.4, -0.2) is 15.2 Å². The maximum atomic E-state index is 11.8. The van der Waals surface area contributed by atoms with Crippen molar-refractivity contribution in [3.8, 4) is 5.75 Å². The molecule has 0 aliphatic rings. The number of alkyl halides is 1. The molecule has 1 atom stereocenters. The molecule has 1 N–H and O–H groups in total. The van der Waals surface area contributed by atoms with Crippen molar-refractivity contribution in [1.82, 2.24) is 0 Å². The fourth-order valence-electron chi connectivity index (χ4n) is 1.75. The van der Waals surface area contributed by atoms with E-state index in [4.69, 9.17) is 9.84 Å². The van der Waals surface area contributed by atoms with Crippen LogP contribution in [0.3, 0.4) is 0 Å². The smallest absolute Gasteiger partial charge is 0.339 e. The van der Waals surface area contributed by atoms with E-state index in [9.17, 15) is 4.79 Å². The van der Waals surface area contributed by atoms with Crippen molar-refractivity contribution in [2.45, 2.75) is 49.6 Å². The van der Waals surface area contributed by atoms with Crippen LogP contribution < -0.4 is 0 Å². The Morgan fingerprint density at radius 1 is 1.21 bits per heavy atom. The number of aromatic hydroxyl groups is 1. The van der Waals surface area contributed by atoms with Gasteiger partial charge in [0.2, 0.25) is 0 Å². The van der Waals surface area contributed by atoms with Crippen LogP contribution >= 0.6 is 22.6 Å². The lowest BCUT2D eigenvalue weighted by Crippen LogP contribution is -2.12. The maximum absolute atomic E-state index is 11.8. The predicted octanol–water partition coefficient (Wildman–Crippen LogP) is 4.67. The number of esters is 1. The highest BCUT2D eigenvalue weighted by Crippen LogP contribution is 2.17. The van der Waals surface area contributed by atoms with Crippen molar-refractivity contribution in [2.75, 3.05) is 0 Å². The summed E-state index contributed by atoms with van der Waals surface area (Å²) in [5.74, 6) is -0.175. The molecule has 0 saturated heterocycles. The van der Waals surface area contributed by atoms with E-state index in [2.05, 4.69) is 29.5 Å². The van der Waals surface area contributed by atoms with Crippen LogP contribution in [0.4, 0.5) is 0 Å². The second kappa shape index (κ2) is 9.18. The fraction of sp³-hybridized carbons (Fsp3) is 0.533. The van der Waals surface area contributed by atoms with Crippen LogP contribution in [-0.2, 0) is 4.74 Å². The molecule has 1 aromatic rings. The second-order valence-electron chi connectivity index (χ2n) is 4.57. The number of hydrogen-bond donors (Lipinski definition) is 1. The molecule has 0 spiro atoms. The van der Waals surface area contributed by atoms with Crippen molar-refractivity contribution in [1.29, 1.82) is 0 Å². The van der Waals surface area contributed by atoms with E-state index >= 15 is 0 Å². The fourth-order valence-corrected chi connectivity index (χ4v) is 2.42. The van der Waals surface area contributed by atoms with Crippen molar-refractivity contribution >= 4 is 28.6 Å². The summed E-state index contributed by atoms with van der Waals surface area (Å²) in [6.07, 6.45) is 6.96. The topological polar surface area (TPSA) is 46.5 Å². The molecule has 0 fully saturated rings. The standard InChI is InChI=1S/C15H21IO3/c1-2-3-4-5-6-7-14(16)19-15(18)12-8-10-13(17)11-9-12/h8-11,14,17H,2-7H2,1H3. The molecule has 1 aromatic carbocycles. The van der Waals surface area contributed by atoms with Gasteiger partial charge in [-0.2, -0.15) is 0 Å². The molecule has 1 unspecified atom stereocenters. The molecule has 0 aromatic heterocycles. The lowest BCUT2D eigenvalue weighted by atomic mass is 10.1. The molecule has 4 heteroatoms. The predicted molar refractivity (Wildman–Crippen MR) is 84.7 cm³/mol. The minimum atomic E-state index is -0.326. The van der Waals surface area contributed by atoms with Crippen LogP contribution in [0.5, 0.6) is 5.75 Å². The van der Waals surface area contributed by atoms with Crippen LogP contribution in [0, 0.1) is 0 Å². The van der Waals surface area contributed by atoms with E-state index < -0.39 is 0 Å². The van der Waals surface area contributed by atoms with Gasteiger partial charge in [-0.3, -0.25) is 0 Å². The monoisotopic (exact) mass is 376 g/mol. The van der Waals surface area contributed by atoms with E-state index in [1.54, 1.807) is 12.1 Å². The van der Waals surface area contributed by atoms with E-state index in [0.717, 1.165) is 12.8 Å². The molecule has 106 valence electrons. The van der Waals surface area contributed by atoms with Gasteiger partial charge in [-0.25, -0.2) is 4.79 Å². The van der Waals surface area contributed by atoms with E-state index in [1.165, 1.54) is 37.8 Å². The second-order valence-corrected chi connectivity index (χ2v) is 5.95. The zero-order valence-corrected chi connectivity index (χ0v) is 13.4. The highest BCUT2D eigenvalue weighted by molar-refractivity contribution is 14.1. The summed E-state index contributed by atoms with van der Waals surface area (Å²) in [5.41, 5.74) is 0.477. The van der Waals surface area contributed by atoms with Crippen molar-refractivity contribution < 1.29 is 14.6 Å². The van der Waals surface area contributed by atoms with Crippen molar-refractivity contribution in [3.05, 3.63) is 29.8 Å². The number of benzene rings is 1. The van der Waals surface area contributed by atoms with Crippen LogP contribution in [0.15, 0.2) is 24.3 Å². The Morgan fingerprint density at radius 3 is 2.47 bits per heavy atom. The van der Waals surface area contributed by atoms with Gasteiger partial charge in [-0.15, -0.1) is 0 Å². The Bertz CT molecular complexity index is 375. The Kier molecular flexibility index (Phi) is 7.86. The minimum Gasteiger partial charge on any atom is -0.508 e. The SMILES string of the molecule is CCCCCCCC(I)OC(=O)c1ccc(O)cc1. The third-order valence-electron chi connectivity index (χ3n) is 2.87. The van der Waals surface area contributed by atoms with E-state index in [0.29, 0.717) is 5.56 Å². The summed E-state index contributed by atoms with van der Waals surface area (Å²) in [5, 5.41) is 9.15. The molecular formula is C15H21IO3. The molecule has 0 radical (unpaired) electrons. The molecule has 0 amide bonds. The van der Waals surface area contributed by atoms with Gasteiger partial charge >= 0.3 is 5.97 Å². The van der Waals surface area contributed by atoms with Crippen LogP contribution in [0.1, 0.15) is 55.8 Å². The average Bonchev–Trinajstić information content (AvgIpc) is 2.39. The first-order chi connectivity index (χ1) is 9.13. The lowest BCUT2D eigenvalue weighted by Gasteiger charge is -2.11. The number of carbonyl (C=O) groups is 1. The molecular weight excluding hydrogens is 355 g/mol. The summed E-state index contributed by atoms with van der Waals surface area (Å²) in [6, 6.07) is 6.12. The van der Waals surface area contributed by atoms with Crippen LogP contribution in [0.2, 0.25) is 0 Å². The Labute approximate surface area is 128 Å². The first kappa shape index (κ1) is 16.3. The molecule has 19 heavy (non-hydrogen) atoms. The third-order valence-corrected chi connectivity index (χ3v) is 3.75. The quantitative estimate of drug-likeness (QED) is 0.310. The summed E-state index contributed by atoms with van der Waals surface area (Å²) in [7, 11) is 0. The zero-order valence-electron chi connectivity index (χ0n) is 11.3. The average molecular weight is 376 g/mol. The number of unbranched alkanes of at least 4 members (excludes halogenated alkanes) is 4. The molecule has 0 saturated carbocycles. The molecule has 0 aliphatic heterocycles. The van der Waals surface area contributed by atoms with Crippen molar-refractivity contribution in [2.24, 2.45) is 0 Å². The summed E-state index contributed by atoms with van der Waals surface area (Å²) in [6.45, 7) is 2.20. The normalized spacial score (nSPS) is 12.1. The third kappa shape index (κ3) is 6.80. The number of phenolic OH excluding ortho intramolecular Hbond substituents is 1. The van der Waals surface area contributed by atoms with Gasteiger partial charge < -0.3 is 9.84 Å². The van der Waals surface area contributed by atoms with Crippen molar-refractivity contribution in [3.63, 3.8) is 0 Å². The molecule has 0 bridgehead atoms. The van der Waals surface area contributed by atoms with Gasteiger partial charge in [0.1, 0.15) is 5.75 Å². The number of carbonyl (C=O) groups excluding carboxylic acids is 1. The van der Waals surface area contributed by atoms with Gasteiger partial charge in [0.05, 0.1) is 5.56 Å². The van der Waals surface area contributed by atoms with Gasteiger partial charge in [-0.1, -0.05) is 32.6 Å². The number of halogens is 1. The zero-order chi connectivity index (χ0) is 14.1. The van der Waals surface area contributed by atoms with Gasteiger partial charge in [0.25, 0.3) is 0 Å². The van der Waals surface area contributed by atoms with Crippen LogP contribution in [0.25, 0.3) is 0 Å². The first-order valence-electron chi connectivity index (χ1n) is 6.77. The van der Waals surface area contributed by atoms with Gasteiger partial charge in [-0.05, 0) is 59.7 Å². The number of phenols is 1. The summed E-state index contributed by atoms with van der Waals surface area (Å²) < 4.78 is 5.27. The Hall–Kier alpha value is -0.780. The summed E-state index contributed by atoms with van der Waals surface area (Å²) >= 11 is 2.16. The molecule has 1 rings (SSSR count). The highest BCUT2D eigenvalue weighted by Gasteiger charge is 2.12. The number of hydrogen-bond acceptors (Lipinski definition) is 3. The summed E-state index contributed by atoms with van der Waals surface area (Å²) in [4.78, 5) is 11.8. The van der Waals surface area contributed by atoms with Gasteiger partial charge in [0, 0.05) is 0 Å². The molecule has 3 nitrogen and oxygen atoms in total. The van der Waals surface area contributed by atoms with Gasteiger partial charge in [0.15, 0.2) is 4.11 Å². The number of rotatable bonds is 8. The number of ether oxygens (including phenoxy) is 1. The van der Waals surface area contributed by atoms with E-state index in [1.807, 2.05) is 0 Å². The highest BCUT2D eigenvalue weighted by atomic mass is 127. The molecule has 0 heterocycles.